The minimum absolute atomic E-state index is 0.263. The van der Waals surface area contributed by atoms with Crippen molar-refractivity contribution in [2.45, 2.75) is 45.9 Å². The van der Waals surface area contributed by atoms with Crippen molar-refractivity contribution in [3.8, 4) is 11.5 Å². The Morgan fingerprint density at radius 3 is 2.31 bits per heavy atom. The van der Waals surface area contributed by atoms with Crippen LogP contribution in [-0.4, -0.2) is 12.6 Å². The van der Waals surface area contributed by atoms with Crippen molar-refractivity contribution < 1.29 is 9.47 Å². The Kier molecular flexibility index (Phi) is 9.73. The second kappa shape index (κ2) is 12.5. The molecule has 0 aliphatic rings. The van der Waals surface area contributed by atoms with Gasteiger partial charge in [0.2, 0.25) is 0 Å². The molecule has 1 atom stereocenters. The zero-order valence-corrected chi connectivity index (χ0v) is 21.4. The molecule has 0 amide bonds. The zero-order valence-electron chi connectivity index (χ0n) is 18.3. The highest BCUT2D eigenvalue weighted by molar-refractivity contribution is 9.10. The molecule has 0 spiro atoms. The first-order chi connectivity index (χ1) is 15.5. The van der Waals surface area contributed by atoms with Gasteiger partial charge in [-0.25, -0.2) is 0 Å². The summed E-state index contributed by atoms with van der Waals surface area (Å²) in [5.41, 5.74) is 3.23. The molecule has 0 aromatic heterocycles. The Labute approximate surface area is 209 Å². The third-order valence-electron chi connectivity index (χ3n) is 5.20. The van der Waals surface area contributed by atoms with Gasteiger partial charge in [0.25, 0.3) is 0 Å². The number of nitrogens with one attached hydrogen (secondary N) is 1. The molecule has 0 bridgehead atoms. The van der Waals surface area contributed by atoms with E-state index in [0.29, 0.717) is 34.2 Å². The van der Waals surface area contributed by atoms with Crippen molar-refractivity contribution >= 4 is 39.1 Å². The van der Waals surface area contributed by atoms with Gasteiger partial charge in [0.15, 0.2) is 11.5 Å². The maximum absolute atomic E-state index is 6.28. The van der Waals surface area contributed by atoms with Gasteiger partial charge in [-0.15, -0.1) is 0 Å². The molecule has 3 rings (SSSR count). The fourth-order valence-corrected chi connectivity index (χ4v) is 4.30. The lowest BCUT2D eigenvalue weighted by atomic mass is 10.1. The van der Waals surface area contributed by atoms with Crippen LogP contribution in [0.25, 0.3) is 0 Å². The van der Waals surface area contributed by atoms with Crippen LogP contribution >= 0.6 is 39.1 Å². The second-order valence-electron chi connectivity index (χ2n) is 7.62. The van der Waals surface area contributed by atoms with Crippen molar-refractivity contribution in [3.05, 3.63) is 91.9 Å². The van der Waals surface area contributed by atoms with Crippen molar-refractivity contribution in [3.63, 3.8) is 0 Å². The number of rotatable bonds is 11. The lowest BCUT2D eigenvalue weighted by Gasteiger charge is -2.18. The van der Waals surface area contributed by atoms with Crippen LogP contribution in [0.2, 0.25) is 10.0 Å². The van der Waals surface area contributed by atoms with E-state index < -0.39 is 0 Å². The summed E-state index contributed by atoms with van der Waals surface area (Å²) in [6, 6.07) is 20.4. The lowest BCUT2D eigenvalue weighted by molar-refractivity contribution is 0.269. The first kappa shape index (κ1) is 24.9. The minimum atomic E-state index is 0.263. The third kappa shape index (κ3) is 7.14. The fraction of sp³-hybridized carbons (Fsp3) is 0.308. The Hall–Kier alpha value is -1.72. The lowest BCUT2D eigenvalue weighted by Crippen LogP contribution is -2.26. The highest BCUT2D eigenvalue weighted by Crippen LogP contribution is 2.35. The Balaban J connectivity index is 1.64. The molecule has 3 aromatic rings. The summed E-state index contributed by atoms with van der Waals surface area (Å²) in [7, 11) is 0. The highest BCUT2D eigenvalue weighted by atomic mass is 79.9. The topological polar surface area (TPSA) is 30.5 Å². The van der Waals surface area contributed by atoms with Crippen molar-refractivity contribution in [2.24, 2.45) is 0 Å². The Bertz CT molecular complexity index is 994. The van der Waals surface area contributed by atoms with Gasteiger partial charge in [0.1, 0.15) is 6.61 Å². The molecule has 0 aliphatic carbocycles. The molecule has 0 fully saturated rings. The number of hydrogen-bond acceptors (Lipinski definition) is 3. The van der Waals surface area contributed by atoms with E-state index in [1.807, 2.05) is 25.1 Å². The van der Waals surface area contributed by atoms with E-state index in [1.54, 1.807) is 12.1 Å². The molecule has 6 heteroatoms. The summed E-state index contributed by atoms with van der Waals surface area (Å²) < 4.78 is 12.9. The van der Waals surface area contributed by atoms with E-state index >= 15 is 0 Å². The summed E-state index contributed by atoms with van der Waals surface area (Å²) in [4.78, 5) is 0. The molecule has 170 valence electrons. The predicted octanol–water partition coefficient (Wildman–Crippen LogP) is 7.84. The van der Waals surface area contributed by atoms with Gasteiger partial charge in [-0.1, -0.05) is 75.5 Å². The second-order valence-corrected chi connectivity index (χ2v) is 9.29. The smallest absolute Gasteiger partial charge is 0.162 e. The van der Waals surface area contributed by atoms with Gasteiger partial charge >= 0.3 is 0 Å². The van der Waals surface area contributed by atoms with E-state index in [9.17, 15) is 0 Å². The van der Waals surface area contributed by atoms with E-state index in [-0.39, 0.29) is 6.61 Å². The van der Waals surface area contributed by atoms with E-state index in [2.05, 4.69) is 58.5 Å². The number of halogens is 3. The summed E-state index contributed by atoms with van der Waals surface area (Å²) in [5, 5.41) is 4.78. The molecule has 1 N–H and O–H groups in total. The molecule has 3 aromatic carbocycles. The quantitative estimate of drug-likeness (QED) is 0.270. The summed E-state index contributed by atoms with van der Waals surface area (Å²) in [6.07, 6.45) is 2.12. The van der Waals surface area contributed by atoms with Crippen LogP contribution in [-0.2, 0) is 19.6 Å². The molecule has 1 unspecified atom stereocenters. The van der Waals surface area contributed by atoms with E-state index in [4.69, 9.17) is 32.7 Å². The van der Waals surface area contributed by atoms with E-state index in [0.717, 1.165) is 35.0 Å². The molecule has 0 radical (unpaired) electrons. The first-order valence-electron chi connectivity index (χ1n) is 10.8. The molecule has 0 saturated heterocycles. The number of aryl methyl sites for hydroxylation is 1. The molecule has 0 saturated carbocycles. The molecule has 3 nitrogen and oxygen atoms in total. The molecular formula is C26H28BrCl2NO2. The highest BCUT2D eigenvalue weighted by Gasteiger charge is 2.14. The normalized spacial score (nSPS) is 11.9. The van der Waals surface area contributed by atoms with Gasteiger partial charge in [-0.05, 0) is 62.1 Å². The van der Waals surface area contributed by atoms with Crippen LogP contribution in [0.1, 0.15) is 37.0 Å². The van der Waals surface area contributed by atoms with Crippen LogP contribution in [0.15, 0.2) is 65.1 Å². The van der Waals surface area contributed by atoms with Crippen molar-refractivity contribution in [2.75, 3.05) is 6.61 Å². The molecular weight excluding hydrogens is 509 g/mol. The maximum atomic E-state index is 6.28. The predicted molar refractivity (Wildman–Crippen MR) is 137 cm³/mol. The molecule has 0 aliphatic heterocycles. The Morgan fingerprint density at radius 2 is 1.62 bits per heavy atom. The molecule has 32 heavy (non-hydrogen) atoms. The van der Waals surface area contributed by atoms with Gasteiger partial charge in [-0.2, -0.15) is 0 Å². The fourth-order valence-electron chi connectivity index (χ4n) is 3.33. The summed E-state index contributed by atoms with van der Waals surface area (Å²) in [5.74, 6) is 1.35. The van der Waals surface area contributed by atoms with Gasteiger partial charge in [0.05, 0.1) is 6.61 Å². The average Bonchev–Trinajstić information content (AvgIpc) is 2.78. The van der Waals surface area contributed by atoms with Crippen molar-refractivity contribution in [1.29, 1.82) is 0 Å². The Morgan fingerprint density at radius 1 is 0.938 bits per heavy atom. The number of ether oxygens (including phenoxy) is 2. The maximum Gasteiger partial charge on any atom is 0.162 e. The van der Waals surface area contributed by atoms with Gasteiger partial charge in [-0.3, -0.25) is 0 Å². The van der Waals surface area contributed by atoms with E-state index in [1.165, 1.54) is 5.56 Å². The first-order valence-corrected chi connectivity index (χ1v) is 12.3. The largest absolute Gasteiger partial charge is 0.490 e. The summed E-state index contributed by atoms with van der Waals surface area (Å²) in [6.45, 7) is 5.71. The van der Waals surface area contributed by atoms with Crippen LogP contribution in [0, 0.1) is 0 Å². The van der Waals surface area contributed by atoms with Gasteiger partial charge in [0, 0.05) is 32.7 Å². The van der Waals surface area contributed by atoms with Crippen LogP contribution in [0.5, 0.6) is 11.5 Å². The monoisotopic (exact) mass is 535 g/mol. The standard InChI is InChI=1S/C26H28BrCl2NO2/c1-3-31-25-14-20(16-30-18(2)12-13-19-8-5-4-6-9-19)22(27)15-26(25)32-17-21-23(28)10-7-11-24(21)29/h4-11,14-15,18,30H,3,12-13,16-17H2,1-2H3. The summed E-state index contributed by atoms with van der Waals surface area (Å²) >= 11 is 16.2. The minimum Gasteiger partial charge on any atom is -0.490 e. The SMILES string of the molecule is CCOc1cc(CNC(C)CCc2ccccc2)c(Br)cc1OCc1c(Cl)cccc1Cl. The van der Waals surface area contributed by atoms with Crippen LogP contribution in [0.4, 0.5) is 0 Å². The number of hydrogen-bond donors (Lipinski definition) is 1. The third-order valence-corrected chi connectivity index (χ3v) is 6.64. The van der Waals surface area contributed by atoms with Gasteiger partial charge < -0.3 is 14.8 Å². The van der Waals surface area contributed by atoms with Crippen LogP contribution in [0.3, 0.4) is 0 Å². The zero-order chi connectivity index (χ0) is 22.9. The van der Waals surface area contributed by atoms with Crippen LogP contribution < -0.4 is 14.8 Å². The van der Waals surface area contributed by atoms with Crippen molar-refractivity contribution in [1.82, 2.24) is 5.32 Å². The average molecular weight is 537 g/mol. The number of benzene rings is 3. The molecule has 0 heterocycles.